The lowest BCUT2D eigenvalue weighted by Gasteiger charge is -2.21. The molecule has 114 valence electrons. The van der Waals surface area contributed by atoms with Crippen molar-refractivity contribution in [3.8, 4) is 0 Å². The quantitative estimate of drug-likeness (QED) is 0.762. The highest BCUT2D eigenvalue weighted by molar-refractivity contribution is 6.31. The van der Waals surface area contributed by atoms with Crippen LogP contribution in [0.15, 0.2) is 6.20 Å². The van der Waals surface area contributed by atoms with Gasteiger partial charge >= 0.3 is 0 Å². The molecule has 1 aromatic rings. The average Bonchev–Trinajstić information content (AvgIpc) is 3.06. The molecule has 1 saturated carbocycles. The van der Waals surface area contributed by atoms with Gasteiger partial charge in [-0.2, -0.15) is 5.10 Å². The molecule has 0 saturated heterocycles. The number of nitrogens with zero attached hydrogens (tertiary/aromatic N) is 2. The Hall–Kier alpha value is -0.540. The van der Waals surface area contributed by atoms with Crippen LogP contribution in [0.4, 0.5) is 0 Å². The third-order valence-electron chi connectivity index (χ3n) is 4.39. The van der Waals surface area contributed by atoms with Crippen molar-refractivity contribution < 1.29 is 0 Å². The van der Waals surface area contributed by atoms with Crippen LogP contribution in [-0.2, 0) is 6.54 Å². The summed E-state index contributed by atoms with van der Waals surface area (Å²) in [7, 11) is 0. The molecule has 1 atom stereocenters. The first kappa shape index (κ1) is 15.8. The topological polar surface area (TPSA) is 29.9 Å². The molecule has 0 aromatic carbocycles. The second-order valence-corrected chi connectivity index (χ2v) is 6.35. The summed E-state index contributed by atoms with van der Waals surface area (Å²) in [6.45, 7) is 6.27. The normalized spacial score (nSPS) is 17.8. The fourth-order valence-corrected chi connectivity index (χ4v) is 3.66. The molecule has 1 aliphatic rings. The van der Waals surface area contributed by atoms with Crippen molar-refractivity contribution in [3.05, 3.63) is 16.9 Å². The first-order valence-corrected chi connectivity index (χ1v) is 8.58. The molecule has 1 N–H and O–H groups in total. The van der Waals surface area contributed by atoms with Crippen LogP contribution >= 0.6 is 11.6 Å². The largest absolute Gasteiger partial charge is 0.309 e. The molecule has 1 unspecified atom stereocenters. The predicted octanol–water partition coefficient (Wildman–Crippen LogP) is 4.57. The summed E-state index contributed by atoms with van der Waals surface area (Å²) in [4.78, 5) is 0. The molecule has 4 heteroatoms. The van der Waals surface area contributed by atoms with Crippen LogP contribution < -0.4 is 5.32 Å². The number of hydrogen-bond donors (Lipinski definition) is 1. The second-order valence-electron chi connectivity index (χ2n) is 5.94. The van der Waals surface area contributed by atoms with E-state index in [0.717, 1.165) is 30.5 Å². The van der Waals surface area contributed by atoms with Gasteiger partial charge < -0.3 is 5.32 Å². The third-order valence-corrected chi connectivity index (χ3v) is 4.68. The van der Waals surface area contributed by atoms with Crippen molar-refractivity contribution in [1.29, 1.82) is 0 Å². The monoisotopic (exact) mass is 297 g/mol. The van der Waals surface area contributed by atoms with Gasteiger partial charge in [0, 0.05) is 6.54 Å². The smallest absolute Gasteiger partial charge is 0.0834 e. The van der Waals surface area contributed by atoms with Gasteiger partial charge in [-0.25, -0.2) is 0 Å². The van der Waals surface area contributed by atoms with Gasteiger partial charge in [0.15, 0.2) is 0 Å². The van der Waals surface area contributed by atoms with E-state index in [-0.39, 0.29) is 0 Å². The first-order valence-electron chi connectivity index (χ1n) is 8.20. The number of halogens is 1. The minimum atomic E-state index is 0.349. The lowest BCUT2D eigenvalue weighted by molar-refractivity contribution is 0.396. The molecule has 0 amide bonds. The van der Waals surface area contributed by atoms with Crippen LogP contribution in [-0.4, -0.2) is 16.3 Å². The molecule has 0 radical (unpaired) electrons. The minimum absolute atomic E-state index is 0.349. The van der Waals surface area contributed by atoms with Crippen molar-refractivity contribution in [3.63, 3.8) is 0 Å². The fraction of sp³-hybridized carbons (Fsp3) is 0.812. The van der Waals surface area contributed by atoms with E-state index in [1.165, 1.54) is 44.2 Å². The van der Waals surface area contributed by atoms with Crippen molar-refractivity contribution in [2.45, 2.75) is 71.4 Å². The molecule has 0 aliphatic heterocycles. The fourth-order valence-electron chi connectivity index (χ4n) is 3.39. The van der Waals surface area contributed by atoms with Crippen molar-refractivity contribution in [2.75, 3.05) is 6.54 Å². The van der Waals surface area contributed by atoms with E-state index < -0.39 is 0 Å². The molecule has 3 nitrogen and oxygen atoms in total. The second kappa shape index (κ2) is 8.04. The summed E-state index contributed by atoms with van der Waals surface area (Å²) in [6.07, 6.45) is 11.1. The zero-order chi connectivity index (χ0) is 14.4. The van der Waals surface area contributed by atoms with E-state index in [0.29, 0.717) is 6.04 Å². The van der Waals surface area contributed by atoms with E-state index in [4.69, 9.17) is 11.6 Å². The van der Waals surface area contributed by atoms with E-state index in [1.54, 1.807) is 6.20 Å². The first-order chi connectivity index (χ1) is 9.76. The maximum absolute atomic E-state index is 6.38. The lowest BCUT2D eigenvalue weighted by Crippen LogP contribution is -2.25. The van der Waals surface area contributed by atoms with Gasteiger partial charge in [-0.1, -0.05) is 51.1 Å². The highest BCUT2D eigenvalue weighted by atomic mass is 35.5. The zero-order valence-corrected chi connectivity index (χ0v) is 13.6. The Morgan fingerprint density at radius 3 is 2.80 bits per heavy atom. The standard InChI is InChI=1S/C16H28ClN3/c1-3-11-20-16(14(17)12-19-20)15(18-4-2)10-9-13-7-5-6-8-13/h12-13,15,18H,3-11H2,1-2H3. The molecule has 1 aromatic heterocycles. The Morgan fingerprint density at radius 2 is 2.15 bits per heavy atom. The maximum atomic E-state index is 6.38. The van der Waals surface area contributed by atoms with Crippen LogP contribution in [0.2, 0.25) is 5.02 Å². The number of nitrogens with one attached hydrogen (secondary N) is 1. The van der Waals surface area contributed by atoms with Crippen LogP contribution in [0.1, 0.15) is 70.5 Å². The molecule has 0 spiro atoms. The molecule has 2 rings (SSSR count). The Kier molecular flexibility index (Phi) is 6.37. The highest BCUT2D eigenvalue weighted by Gasteiger charge is 2.22. The molecule has 0 bridgehead atoms. The van der Waals surface area contributed by atoms with E-state index >= 15 is 0 Å². The predicted molar refractivity (Wildman–Crippen MR) is 85.1 cm³/mol. The van der Waals surface area contributed by atoms with E-state index in [2.05, 4.69) is 28.9 Å². The maximum Gasteiger partial charge on any atom is 0.0834 e. The summed E-state index contributed by atoms with van der Waals surface area (Å²) in [5, 5.41) is 8.85. The minimum Gasteiger partial charge on any atom is -0.309 e. The summed E-state index contributed by atoms with van der Waals surface area (Å²) in [5.74, 6) is 0.928. The Morgan fingerprint density at radius 1 is 1.40 bits per heavy atom. The SMILES string of the molecule is CCCn1ncc(Cl)c1C(CCC1CCCC1)NCC. The van der Waals surface area contributed by atoms with Gasteiger partial charge in [-0.3, -0.25) is 4.68 Å². The van der Waals surface area contributed by atoms with Gasteiger partial charge in [-0.05, 0) is 31.7 Å². The molecular weight excluding hydrogens is 270 g/mol. The number of rotatable bonds is 8. The van der Waals surface area contributed by atoms with Gasteiger partial charge in [0.2, 0.25) is 0 Å². The van der Waals surface area contributed by atoms with Crippen LogP contribution in [0, 0.1) is 5.92 Å². The highest BCUT2D eigenvalue weighted by Crippen LogP contribution is 2.33. The van der Waals surface area contributed by atoms with E-state index in [9.17, 15) is 0 Å². The molecule has 1 aliphatic carbocycles. The zero-order valence-electron chi connectivity index (χ0n) is 12.9. The lowest BCUT2D eigenvalue weighted by atomic mass is 9.97. The summed E-state index contributed by atoms with van der Waals surface area (Å²) < 4.78 is 2.09. The van der Waals surface area contributed by atoms with Crippen LogP contribution in [0.25, 0.3) is 0 Å². The Bertz CT molecular complexity index is 396. The van der Waals surface area contributed by atoms with Crippen LogP contribution in [0.3, 0.4) is 0 Å². The van der Waals surface area contributed by atoms with Gasteiger partial charge in [-0.15, -0.1) is 0 Å². The Labute approximate surface area is 128 Å². The summed E-state index contributed by atoms with van der Waals surface area (Å²) in [6, 6.07) is 0.349. The van der Waals surface area contributed by atoms with Crippen molar-refractivity contribution in [1.82, 2.24) is 15.1 Å². The molecular formula is C16H28ClN3. The number of aryl methyl sites for hydroxylation is 1. The summed E-state index contributed by atoms with van der Waals surface area (Å²) in [5.41, 5.74) is 1.19. The number of aromatic nitrogens is 2. The molecule has 1 heterocycles. The third kappa shape index (κ3) is 3.98. The van der Waals surface area contributed by atoms with E-state index in [1.807, 2.05) is 0 Å². The van der Waals surface area contributed by atoms with Gasteiger partial charge in [0.05, 0.1) is 23.0 Å². The average molecular weight is 298 g/mol. The number of hydrogen-bond acceptors (Lipinski definition) is 2. The molecule has 20 heavy (non-hydrogen) atoms. The van der Waals surface area contributed by atoms with Gasteiger partial charge in [0.25, 0.3) is 0 Å². The van der Waals surface area contributed by atoms with Crippen molar-refractivity contribution in [2.24, 2.45) is 5.92 Å². The molecule has 1 fully saturated rings. The van der Waals surface area contributed by atoms with Crippen LogP contribution in [0.5, 0.6) is 0 Å². The summed E-state index contributed by atoms with van der Waals surface area (Å²) >= 11 is 6.38. The Balaban J connectivity index is 2.04. The van der Waals surface area contributed by atoms with Gasteiger partial charge in [0.1, 0.15) is 0 Å². The van der Waals surface area contributed by atoms with Crippen molar-refractivity contribution >= 4 is 11.6 Å².